The van der Waals surface area contributed by atoms with Gasteiger partial charge >= 0.3 is 0 Å². The summed E-state index contributed by atoms with van der Waals surface area (Å²) in [5.41, 5.74) is 2.24. The highest BCUT2D eigenvalue weighted by molar-refractivity contribution is 6.31. The first kappa shape index (κ1) is 12.1. The number of hydrogen-bond acceptors (Lipinski definition) is 1. The number of ether oxygens (including phenoxy) is 1. The zero-order valence-electron chi connectivity index (χ0n) is 9.59. The molecule has 0 saturated heterocycles. The van der Waals surface area contributed by atoms with E-state index in [0.29, 0.717) is 5.92 Å². The first-order valence-corrected chi connectivity index (χ1v) is 6.54. The predicted molar refractivity (Wildman–Crippen MR) is 68.7 cm³/mol. The van der Waals surface area contributed by atoms with Gasteiger partial charge in [-0.2, -0.15) is 0 Å². The highest BCUT2D eigenvalue weighted by Crippen LogP contribution is 2.42. The van der Waals surface area contributed by atoms with Gasteiger partial charge in [0.15, 0.2) is 0 Å². The third-order valence-electron chi connectivity index (χ3n) is 3.22. The van der Waals surface area contributed by atoms with Gasteiger partial charge in [0.1, 0.15) is 5.75 Å². The second-order valence-electron chi connectivity index (χ2n) is 4.37. The molecule has 16 heavy (non-hydrogen) atoms. The molecule has 2 unspecified atom stereocenters. The molecule has 1 aliphatic heterocycles. The van der Waals surface area contributed by atoms with Crippen molar-refractivity contribution in [3.63, 3.8) is 0 Å². The SMILES string of the molecule is CCC(C)C(Cl)c1cc(Cl)cc2c1OCC2. The molecular formula is C13H16Cl2O. The van der Waals surface area contributed by atoms with E-state index in [1.54, 1.807) is 0 Å². The summed E-state index contributed by atoms with van der Waals surface area (Å²) in [7, 11) is 0. The van der Waals surface area contributed by atoms with Crippen molar-refractivity contribution < 1.29 is 4.74 Å². The van der Waals surface area contributed by atoms with Crippen molar-refractivity contribution >= 4 is 23.2 Å². The molecule has 88 valence electrons. The van der Waals surface area contributed by atoms with Crippen LogP contribution in [0.15, 0.2) is 12.1 Å². The van der Waals surface area contributed by atoms with Crippen LogP contribution < -0.4 is 4.74 Å². The van der Waals surface area contributed by atoms with Crippen LogP contribution in [0.3, 0.4) is 0 Å². The summed E-state index contributed by atoms with van der Waals surface area (Å²) in [6.07, 6.45) is 1.99. The molecule has 0 aromatic heterocycles. The molecule has 1 nitrogen and oxygen atoms in total. The summed E-state index contributed by atoms with van der Waals surface area (Å²) in [5.74, 6) is 1.39. The molecule has 1 aromatic rings. The number of benzene rings is 1. The Morgan fingerprint density at radius 2 is 2.19 bits per heavy atom. The number of halogens is 2. The van der Waals surface area contributed by atoms with Crippen LogP contribution in [0.2, 0.25) is 5.02 Å². The average molecular weight is 259 g/mol. The maximum absolute atomic E-state index is 6.47. The first-order valence-electron chi connectivity index (χ1n) is 5.72. The van der Waals surface area contributed by atoms with Crippen molar-refractivity contribution in [3.05, 3.63) is 28.3 Å². The van der Waals surface area contributed by atoms with Gasteiger partial charge in [0.05, 0.1) is 12.0 Å². The molecule has 0 aliphatic carbocycles. The van der Waals surface area contributed by atoms with Crippen molar-refractivity contribution in [1.29, 1.82) is 0 Å². The van der Waals surface area contributed by atoms with E-state index < -0.39 is 0 Å². The van der Waals surface area contributed by atoms with Crippen LogP contribution in [0.5, 0.6) is 5.75 Å². The van der Waals surface area contributed by atoms with Gasteiger partial charge in [0.2, 0.25) is 0 Å². The molecule has 1 heterocycles. The Hall–Kier alpha value is -0.400. The third kappa shape index (κ3) is 2.16. The van der Waals surface area contributed by atoms with E-state index >= 15 is 0 Å². The Morgan fingerprint density at radius 3 is 2.88 bits per heavy atom. The standard InChI is InChI=1S/C13H16Cl2O/c1-3-8(2)12(15)11-7-10(14)6-9-4-5-16-13(9)11/h6-8,12H,3-5H2,1-2H3. The highest BCUT2D eigenvalue weighted by Gasteiger charge is 2.24. The van der Waals surface area contributed by atoms with Crippen LogP contribution in [0.1, 0.15) is 36.8 Å². The third-order valence-corrected chi connectivity index (χ3v) is 4.10. The number of hydrogen-bond donors (Lipinski definition) is 0. The summed E-state index contributed by atoms with van der Waals surface area (Å²) in [5, 5.41) is 0.740. The van der Waals surface area contributed by atoms with Gasteiger partial charge in [-0.1, -0.05) is 31.9 Å². The summed E-state index contributed by atoms with van der Waals surface area (Å²) < 4.78 is 5.66. The molecule has 0 fully saturated rings. The monoisotopic (exact) mass is 258 g/mol. The maximum atomic E-state index is 6.47. The molecule has 0 amide bonds. The van der Waals surface area contributed by atoms with E-state index in [2.05, 4.69) is 13.8 Å². The van der Waals surface area contributed by atoms with Crippen LogP contribution in [-0.4, -0.2) is 6.61 Å². The zero-order valence-corrected chi connectivity index (χ0v) is 11.1. The second kappa shape index (κ2) is 4.85. The van der Waals surface area contributed by atoms with Gasteiger partial charge < -0.3 is 4.74 Å². The van der Waals surface area contributed by atoms with Crippen LogP contribution in [0.25, 0.3) is 0 Å². The van der Waals surface area contributed by atoms with Crippen LogP contribution in [0.4, 0.5) is 0 Å². The Kier molecular flexibility index (Phi) is 3.66. The van der Waals surface area contributed by atoms with Gasteiger partial charge in [0.25, 0.3) is 0 Å². The smallest absolute Gasteiger partial charge is 0.127 e. The number of fused-ring (bicyclic) bond motifs is 1. The quantitative estimate of drug-likeness (QED) is 0.721. The van der Waals surface area contributed by atoms with Gasteiger partial charge in [-0.05, 0) is 23.6 Å². The van der Waals surface area contributed by atoms with Gasteiger partial charge in [0, 0.05) is 17.0 Å². The highest BCUT2D eigenvalue weighted by atomic mass is 35.5. The topological polar surface area (TPSA) is 9.23 Å². The van der Waals surface area contributed by atoms with Crippen LogP contribution >= 0.6 is 23.2 Å². The molecule has 2 atom stereocenters. The molecule has 0 N–H and O–H groups in total. The predicted octanol–water partition coefficient (Wildman–Crippen LogP) is 4.60. The first-order chi connectivity index (χ1) is 7.63. The van der Waals surface area contributed by atoms with Gasteiger partial charge in [-0.3, -0.25) is 0 Å². The van der Waals surface area contributed by atoms with E-state index in [4.69, 9.17) is 27.9 Å². The van der Waals surface area contributed by atoms with E-state index in [1.807, 2.05) is 12.1 Å². The molecular weight excluding hydrogens is 243 g/mol. The van der Waals surface area contributed by atoms with Crippen molar-refractivity contribution in [2.45, 2.75) is 32.1 Å². The van der Waals surface area contributed by atoms with E-state index in [1.165, 1.54) is 5.56 Å². The van der Waals surface area contributed by atoms with Crippen molar-refractivity contribution in [3.8, 4) is 5.75 Å². The van der Waals surface area contributed by atoms with Crippen molar-refractivity contribution in [2.24, 2.45) is 5.92 Å². The fraction of sp³-hybridized carbons (Fsp3) is 0.538. The Morgan fingerprint density at radius 1 is 1.44 bits per heavy atom. The summed E-state index contributed by atoms with van der Waals surface area (Å²) in [6.45, 7) is 5.04. The zero-order chi connectivity index (χ0) is 11.7. The molecule has 0 spiro atoms. The second-order valence-corrected chi connectivity index (χ2v) is 5.28. The van der Waals surface area contributed by atoms with E-state index in [0.717, 1.165) is 35.8 Å². The Balaban J connectivity index is 2.40. The summed E-state index contributed by atoms with van der Waals surface area (Å²) >= 11 is 12.6. The normalized spacial score (nSPS) is 17.8. The Bertz CT molecular complexity index is 390. The van der Waals surface area contributed by atoms with Gasteiger partial charge in [-0.15, -0.1) is 11.6 Å². The lowest BCUT2D eigenvalue weighted by molar-refractivity contribution is 0.350. The lowest BCUT2D eigenvalue weighted by Crippen LogP contribution is -2.04. The molecule has 1 aromatic carbocycles. The average Bonchev–Trinajstić information content (AvgIpc) is 2.73. The summed E-state index contributed by atoms with van der Waals surface area (Å²) in [4.78, 5) is 0. The summed E-state index contributed by atoms with van der Waals surface area (Å²) in [6, 6.07) is 3.92. The van der Waals surface area contributed by atoms with Crippen LogP contribution in [-0.2, 0) is 6.42 Å². The molecule has 1 aliphatic rings. The minimum atomic E-state index is -0.0180. The lowest BCUT2D eigenvalue weighted by Gasteiger charge is -2.19. The van der Waals surface area contributed by atoms with Gasteiger partial charge in [-0.25, -0.2) is 0 Å². The van der Waals surface area contributed by atoms with Crippen molar-refractivity contribution in [2.75, 3.05) is 6.61 Å². The minimum absolute atomic E-state index is 0.0180. The molecule has 0 bridgehead atoms. The Labute approximate surface area is 107 Å². The molecule has 0 saturated carbocycles. The van der Waals surface area contributed by atoms with E-state index in [-0.39, 0.29) is 5.38 Å². The minimum Gasteiger partial charge on any atom is -0.493 e. The molecule has 0 radical (unpaired) electrons. The number of rotatable bonds is 3. The van der Waals surface area contributed by atoms with Crippen LogP contribution in [0, 0.1) is 5.92 Å². The maximum Gasteiger partial charge on any atom is 0.127 e. The van der Waals surface area contributed by atoms with E-state index in [9.17, 15) is 0 Å². The largest absolute Gasteiger partial charge is 0.493 e. The lowest BCUT2D eigenvalue weighted by atomic mass is 9.96. The number of alkyl halides is 1. The fourth-order valence-electron chi connectivity index (χ4n) is 2.02. The molecule has 2 rings (SSSR count). The van der Waals surface area contributed by atoms with Crippen molar-refractivity contribution in [1.82, 2.24) is 0 Å². The molecule has 3 heteroatoms. The fourth-order valence-corrected chi connectivity index (χ4v) is 2.61.